The first-order valence-corrected chi connectivity index (χ1v) is 10.9. The first-order chi connectivity index (χ1) is 14.9. The zero-order valence-electron chi connectivity index (χ0n) is 18.5. The third-order valence-corrected chi connectivity index (χ3v) is 7.23. The van der Waals surface area contributed by atoms with Crippen molar-refractivity contribution in [3.8, 4) is 0 Å². The summed E-state index contributed by atoms with van der Waals surface area (Å²) < 4.78 is 0. The van der Waals surface area contributed by atoms with Crippen LogP contribution in [0.1, 0.15) is 53.9 Å². The molecule has 0 unspecified atom stereocenters. The summed E-state index contributed by atoms with van der Waals surface area (Å²) in [7, 11) is 2.17. The molecule has 0 fully saturated rings. The number of fused-ring (bicyclic) bond motifs is 2. The Kier molecular flexibility index (Phi) is 4.51. The van der Waals surface area contributed by atoms with E-state index in [4.69, 9.17) is 0 Å². The van der Waals surface area contributed by atoms with Crippen LogP contribution in [0, 0.1) is 0 Å². The predicted octanol–water partition coefficient (Wildman–Crippen LogP) is 6.22. The summed E-state index contributed by atoms with van der Waals surface area (Å²) in [6.45, 7) is 6.90. The Morgan fingerprint density at radius 2 is 1.61 bits per heavy atom. The van der Waals surface area contributed by atoms with Gasteiger partial charge in [-0.2, -0.15) is 0 Å². The summed E-state index contributed by atoms with van der Waals surface area (Å²) in [5.41, 5.74) is 6.54. The molecule has 0 saturated carbocycles. The van der Waals surface area contributed by atoms with Crippen molar-refractivity contribution >= 4 is 23.4 Å². The molecule has 0 spiro atoms. The van der Waals surface area contributed by atoms with E-state index < -0.39 is 0 Å². The summed E-state index contributed by atoms with van der Waals surface area (Å²) >= 11 is 0. The number of rotatable bonds is 2. The number of carbonyl (C=O) groups is 1. The molecule has 2 aliphatic heterocycles. The fourth-order valence-electron chi connectivity index (χ4n) is 4.97. The second-order valence-electron chi connectivity index (χ2n) is 9.19. The lowest BCUT2D eigenvalue weighted by molar-refractivity contribution is 0.0980. The Morgan fingerprint density at radius 1 is 0.903 bits per heavy atom. The van der Waals surface area contributed by atoms with Crippen LogP contribution in [-0.4, -0.2) is 19.0 Å². The Morgan fingerprint density at radius 3 is 2.39 bits per heavy atom. The van der Waals surface area contributed by atoms with Crippen molar-refractivity contribution in [2.45, 2.75) is 38.3 Å². The van der Waals surface area contributed by atoms with Crippen LogP contribution in [0.2, 0.25) is 0 Å². The first kappa shape index (κ1) is 19.6. The zero-order chi connectivity index (χ0) is 21.8. The molecule has 0 aromatic heterocycles. The highest BCUT2D eigenvalue weighted by Gasteiger charge is 2.41. The highest BCUT2D eigenvalue weighted by molar-refractivity contribution is 6.08. The monoisotopic (exact) mass is 408 g/mol. The lowest BCUT2D eigenvalue weighted by Gasteiger charge is -2.35. The van der Waals surface area contributed by atoms with E-state index in [1.165, 1.54) is 11.3 Å². The van der Waals surface area contributed by atoms with Gasteiger partial charge >= 0.3 is 0 Å². The molecule has 3 aromatic carbocycles. The molecule has 156 valence electrons. The maximum absolute atomic E-state index is 13.7. The maximum Gasteiger partial charge on any atom is 0.259 e. The lowest BCUT2D eigenvalue weighted by atomic mass is 9.80. The number of anilines is 2. The molecule has 0 radical (unpaired) electrons. The van der Waals surface area contributed by atoms with Crippen molar-refractivity contribution < 1.29 is 4.79 Å². The number of nitrogens with zero attached hydrogens (tertiary/aromatic N) is 2. The Balaban J connectivity index is 1.64. The predicted molar refractivity (Wildman–Crippen MR) is 129 cm³/mol. The Labute approximate surface area is 184 Å². The lowest BCUT2D eigenvalue weighted by Crippen LogP contribution is -2.36. The van der Waals surface area contributed by atoms with Crippen molar-refractivity contribution in [2.75, 3.05) is 16.8 Å². The van der Waals surface area contributed by atoms with Gasteiger partial charge in [-0.3, -0.25) is 9.69 Å². The van der Waals surface area contributed by atoms with Crippen LogP contribution >= 0.6 is 0 Å². The van der Waals surface area contributed by atoms with Crippen LogP contribution in [0.25, 0.3) is 6.08 Å². The van der Waals surface area contributed by atoms with E-state index in [0.29, 0.717) is 11.6 Å². The van der Waals surface area contributed by atoms with E-state index in [1.807, 2.05) is 53.4 Å². The number of likely N-dealkylation sites (N-methyl/N-ethyl adjacent to an activating group) is 1. The van der Waals surface area contributed by atoms with Gasteiger partial charge in [-0.15, -0.1) is 0 Å². The third-order valence-electron chi connectivity index (χ3n) is 7.23. The molecule has 31 heavy (non-hydrogen) atoms. The molecule has 0 N–H and O–H groups in total. The van der Waals surface area contributed by atoms with Gasteiger partial charge in [0.05, 0.1) is 11.7 Å². The average molecular weight is 409 g/mol. The van der Waals surface area contributed by atoms with Gasteiger partial charge in [0.15, 0.2) is 0 Å². The van der Waals surface area contributed by atoms with Crippen molar-refractivity contribution in [2.24, 2.45) is 0 Å². The van der Waals surface area contributed by atoms with E-state index >= 15 is 0 Å². The van der Waals surface area contributed by atoms with Gasteiger partial charge in [0.2, 0.25) is 0 Å². The number of para-hydroxylation sites is 1. The molecule has 0 aliphatic carbocycles. The minimum Gasteiger partial charge on any atom is -0.371 e. The van der Waals surface area contributed by atoms with Crippen molar-refractivity contribution in [1.82, 2.24) is 0 Å². The Hall–Kier alpha value is -3.33. The molecular weight excluding hydrogens is 380 g/mol. The maximum atomic E-state index is 13.7. The van der Waals surface area contributed by atoms with Crippen LogP contribution < -0.4 is 9.80 Å². The summed E-state index contributed by atoms with van der Waals surface area (Å²) in [6, 6.07) is 24.7. The van der Waals surface area contributed by atoms with Gasteiger partial charge in [0.25, 0.3) is 5.91 Å². The van der Waals surface area contributed by atoms with Gasteiger partial charge in [-0.05, 0) is 47.9 Å². The molecule has 2 aliphatic rings. The topological polar surface area (TPSA) is 23.6 Å². The fraction of sp³-hybridized carbons (Fsp3) is 0.250. The summed E-state index contributed by atoms with van der Waals surface area (Å²) in [5, 5.41) is 0. The molecular formula is C28H28N2O. The van der Waals surface area contributed by atoms with E-state index in [1.54, 1.807) is 0 Å². The zero-order valence-corrected chi connectivity index (χ0v) is 18.5. The highest BCUT2D eigenvalue weighted by Crippen LogP contribution is 2.46. The van der Waals surface area contributed by atoms with Crippen LogP contribution in [-0.2, 0) is 5.41 Å². The van der Waals surface area contributed by atoms with Crippen molar-refractivity contribution in [1.29, 1.82) is 0 Å². The Bertz CT molecular complexity index is 1180. The van der Waals surface area contributed by atoms with E-state index in [0.717, 1.165) is 16.8 Å². The van der Waals surface area contributed by atoms with Gasteiger partial charge in [-0.1, -0.05) is 74.5 Å². The summed E-state index contributed by atoms with van der Waals surface area (Å²) in [4.78, 5) is 18.0. The molecule has 0 bridgehead atoms. The van der Waals surface area contributed by atoms with E-state index in [9.17, 15) is 4.79 Å². The minimum absolute atomic E-state index is 0.0210. The van der Waals surface area contributed by atoms with E-state index in [2.05, 4.69) is 69.1 Å². The molecule has 3 aromatic rings. The average Bonchev–Trinajstić information content (AvgIpc) is 2.98. The normalized spacial score (nSPS) is 21.0. The molecule has 5 rings (SSSR count). The smallest absolute Gasteiger partial charge is 0.259 e. The van der Waals surface area contributed by atoms with Gasteiger partial charge < -0.3 is 4.90 Å². The standard InChI is InChI=1S/C28H28N2O/c1-19-28(2,3)23-18-22(15-17-26(23)29(19)4)25-16-14-20-10-8-9-13-24(20)30(25)27(31)21-11-6-5-7-12-21/h5-19,25H,1-4H3/t19-,25-/m1/s1. The number of hydrogen-bond donors (Lipinski definition) is 0. The minimum atomic E-state index is -0.148. The molecule has 3 nitrogen and oxygen atoms in total. The second kappa shape index (κ2) is 7.12. The van der Waals surface area contributed by atoms with Crippen LogP contribution in [0.4, 0.5) is 11.4 Å². The third kappa shape index (κ3) is 2.99. The molecule has 1 amide bonds. The summed E-state index contributed by atoms with van der Waals surface area (Å²) in [6.07, 6.45) is 4.29. The van der Waals surface area contributed by atoms with Gasteiger partial charge in [-0.25, -0.2) is 0 Å². The van der Waals surface area contributed by atoms with Gasteiger partial charge in [0, 0.05) is 29.8 Å². The molecule has 0 saturated heterocycles. The SMILES string of the molecule is C[C@H]1N(C)c2ccc([C@H]3C=Cc4ccccc4N3C(=O)c3ccccc3)cc2C1(C)C. The first-order valence-electron chi connectivity index (χ1n) is 10.9. The summed E-state index contributed by atoms with van der Waals surface area (Å²) in [5.74, 6) is 0.0210. The van der Waals surface area contributed by atoms with Crippen LogP contribution in [0.5, 0.6) is 0 Å². The number of amides is 1. The highest BCUT2D eigenvalue weighted by atomic mass is 16.2. The largest absolute Gasteiger partial charge is 0.371 e. The molecule has 3 heteroatoms. The quantitative estimate of drug-likeness (QED) is 0.503. The fourth-order valence-corrected chi connectivity index (χ4v) is 4.97. The van der Waals surface area contributed by atoms with Crippen LogP contribution in [0.3, 0.4) is 0 Å². The molecule has 2 heterocycles. The number of benzene rings is 3. The van der Waals surface area contributed by atoms with Crippen molar-refractivity contribution in [3.05, 3.63) is 101 Å². The number of hydrogen-bond acceptors (Lipinski definition) is 2. The second-order valence-corrected chi connectivity index (χ2v) is 9.19. The molecule has 2 atom stereocenters. The van der Waals surface area contributed by atoms with Gasteiger partial charge in [0.1, 0.15) is 0 Å². The number of carbonyl (C=O) groups excluding carboxylic acids is 1. The van der Waals surface area contributed by atoms with Crippen molar-refractivity contribution in [3.63, 3.8) is 0 Å². The van der Waals surface area contributed by atoms with E-state index in [-0.39, 0.29) is 17.4 Å². The van der Waals surface area contributed by atoms with Crippen LogP contribution in [0.15, 0.2) is 78.9 Å².